The van der Waals surface area contributed by atoms with Crippen molar-refractivity contribution >= 4 is 5.91 Å². The van der Waals surface area contributed by atoms with Gasteiger partial charge in [-0.15, -0.1) is 0 Å². The van der Waals surface area contributed by atoms with E-state index >= 15 is 0 Å². The molecule has 2 N–H and O–H groups in total. The van der Waals surface area contributed by atoms with E-state index in [2.05, 4.69) is 43.8 Å². The lowest BCUT2D eigenvalue weighted by molar-refractivity contribution is -0.126. The normalized spacial score (nSPS) is 12.3. The Morgan fingerprint density at radius 3 is 1.78 bits per heavy atom. The Labute approximate surface area is 110 Å². The van der Waals surface area contributed by atoms with E-state index in [1.807, 2.05) is 26.0 Å². The van der Waals surface area contributed by atoms with E-state index in [1.165, 1.54) is 5.56 Å². The molecule has 1 aromatic carbocycles. The van der Waals surface area contributed by atoms with Crippen LogP contribution in [0.2, 0.25) is 0 Å². The maximum Gasteiger partial charge on any atom is 0.244 e. The molecule has 3 heteroatoms. The summed E-state index contributed by atoms with van der Waals surface area (Å²) >= 11 is 0. The molecule has 0 radical (unpaired) electrons. The number of nitrogens with one attached hydrogen (secondary N) is 2. The average molecular weight is 248 g/mol. The molecule has 0 atom stereocenters. The second-order valence-electron chi connectivity index (χ2n) is 6.16. The van der Waals surface area contributed by atoms with Crippen molar-refractivity contribution in [3.8, 4) is 0 Å². The number of carbonyl (C=O) groups excluding carboxylic acids is 1. The van der Waals surface area contributed by atoms with Gasteiger partial charge in [0.1, 0.15) is 0 Å². The Hall–Kier alpha value is -1.35. The number of amides is 1. The molecule has 0 aliphatic carbocycles. The maximum atomic E-state index is 12.0. The molecular formula is C15H24N2O. The summed E-state index contributed by atoms with van der Waals surface area (Å²) in [5.41, 5.74) is 7.20. The van der Waals surface area contributed by atoms with Crippen molar-refractivity contribution in [2.24, 2.45) is 0 Å². The molecule has 1 amide bonds. The summed E-state index contributed by atoms with van der Waals surface area (Å²) in [6, 6.07) is 8.28. The molecule has 18 heavy (non-hydrogen) atoms. The lowest BCUT2D eigenvalue weighted by Gasteiger charge is -2.25. The van der Waals surface area contributed by atoms with Crippen molar-refractivity contribution in [1.82, 2.24) is 10.9 Å². The van der Waals surface area contributed by atoms with E-state index < -0.39 is 5.41 Å². The zero-order valence-electron chi connectivity index (χ0n) is 12.2. The lowest BCUT2D eigenvalue weighted by Crippen LogP contribution is -2.45. The van der Waals surface area contributed by atoms with Crippen molar-refractivity contribution in [1.29, 1.82) is 0 Å². The third-order valence-electron chi connectivity index (χ3n) is 3.28. The van der Waals surface area contributed by atoms with Gasteiger partial charge in [0, 0.05) is 7.05 Å². The number of hydrogen-bond acceptors (Lipinski definition) is 2. The molecule has 0 aliphatic rings. The van der Waals surface area contributed by atoms with Gasteiger partial charge < -0.3 is 0 Å². The van der Waals surface area contributed by atoms with Crippen LogP contribution >= 0.6 is 0 Å². The van der Waals surface area contributed by atoms with Crippen LogP contribution in [0.1, 0.15) is 45.7 Å². The van der Waals surface area contributed by atoms with Crippen molar-refractivity contribution in [2.75, 3.05) is 7.05 Å². The minimum Gasteiger partial charge on any atom is -0.291 e. The third kappa shape index (κ3) is 3.10. The van der Waals surface area contributed by atoms with Crippen molar-refractivity contribution in [3.63, 3.8) is 0 Å². The molecule has 0 bridgehead atoms. The molecule has 0 aliphatic heterocycles. The first-order valence-corrected chi connectivity index (χ1v) is 6.28. The molecule has 1 aromatic rings. The van der Waals surface area contributed by atoms with E-state index in [0.717, 1.165) is 5.56 Å². The van der Waals surface area contributed by atoms with Crippen LogP contribution < -0.4 is 10.9 Å². The highest BCUT2D eigenvalue weighted by molar-refractivity contribution is 5.86. The Balaban J connectivity index is 3.01. The Morgan fingerprint density at radius 1 is 0.944 bits per heavy atom. The molecule has 0 spiro atoms. The summed E-state index contributed by atoms with van der Waals surface area (Å²) in [6.07, 6.45) is 0. The van der Waals surface area contributed by atoms with Crippen LogP contribution in [-0.2, 0) is 15.6 Å². The predicted molar refractivity (Wildman–Crippen MR) is 75.4 cm³/mol. The summed E-state index contributed by atoms with van der Waals surface area (Å²) < 4.78 is 0. The monoisotopic (exact) mass is 248 g/mol. The highest BCUT2D eigenvalue weighted by Gasteiger charge is 2.29. The fourth-order valence-electron chi connectivity index (χ4n) is 1.79. The molecule has 0 saturated heterocycles. The molecule has 3 nitrogen and oxygen atoms in total. The topological polar surface area (TPSA) is 41.1 Å². The van der Waals surface area contributed by atoms with E-state index in [4.69, 9.17) is 0 Å². The second kappa shape index (κ2) is 5.11. The van der Waals surface area contributed by atoms with Crippen LogP contribution in [0.5, 0.6) is 0 Å². The number of carbonyl (C=O) groups is 1. The average Bonchev–Trinajstić information content (AvgIpc) is 2.28. The summed E-state index contributed by atoms with van der Waals surface area (Å²) in [7, 11) is 1.69. The largest absolute Gasteiger partial charge is 0.291 e. The Bertz CT molecular complexity index is 413. The minimum absolute atomic E-state index is 0.0338. The first kappa shape index (κ1) is 14.7. The summed E-state index contributed by atoms with van der Waals surface area (Å²) in [5.74, 6) is -0.0338. The van der Waals surface area contributed by atoms with Gasteiger partial charge in [-0.1, -0.05) is 45.0 Å². The third-order valence-corrected chi connectivity index (χ3v) is 3.28. The molecule has 100 valence electrons. The standard InChI is InChI=1S/C15H24N2O/c1-14(2,3)11-7-9-12(10-8-11)15(4,5)13(18)17-16-6/h7-10,16H,1-6H3,(H,17,18). The lowest BCUT2D eigenvalue weighted by atomic mass is 9.81. The first-order chi connectivity index (χ1) is 8.19. The van der Waals surface area contributed by atoms with Crippen LogP contribution in [0.15, 0.2) is 24.3 Å². The van der Waals surface area contributed by atoms with Crippen LogP contribution in [0.25, 0.3) is 0 Å². The quantitative estimate of drug-likeness (QED) is 0.807. The van der Waals surface area contributed by atoms with Gasteiger partial charge in [0.15, 0.2) is 0 Å². The van der Waals surface area contributed by atoms with Crippen LogP contribution in [0.3, 0.4) is 0 Å². The van der Waals surface area contributed by atoms with Gasteiger partial charge in [0.2, 0.25) is 5.91 Å². The highest BCUT2D eigenvalue weighted by Crippen LogP contribution is 2.27. The summed E-state index contributed by atoms with van der Waals surface area (Å²) in [6.45, 7) is 10.4. The van der Waals surface area contributed by atoms with Gasteiger partial charge >= 0.3 is 0 Å². The Kier molecular flexibility index (Phi) is 4.17. The van der Waals surface area contributed by atoms with Gasteiger partial charge in [-0.25, -0.2) is 5.43 Å². The smallest absolute Gasteiger partial charge is 0.244 e. The molecule has 0 aromatic heterocycles. The van der Waals surface area contributed by atoms with E-state index in [9.17, 15) is 4.79 Å². The first-order valence-electron chi connectivity index (χ1n) is 6.28. The highest BCUT2D eigenvalue weighted by atomic mass is 16.2. The van der Waals surface area contributed by atoms with Crippen molar-refractivity contribution in [2.45, 2.75) is 45.4 Å². The number of hydrogen-bond donors (Lipinski definition) is 2. The summed E-state index contributed by atoms with van der Waals surface area (Å²) in [4.78, 5) is 12.0. The molecular weight excluding hydrogens is 224 g/mol. The minimum atomic E-state index is -0.542. The fraction of sp³-hybridized carbons (Fsp3) is 0.533. The number of benzene rings is 1. The maximum absolute atomic E-state index is 12.0. The van der Waals surface area contributed by atoms with Crippen LogP contribution in [0, 0.1) is 0 Å². The van der Waals surface area contributed by atoms with E-state index in [-0.39, 0.29) is 11.3 Å². The van der Waals surface area contributed by atoms with Gasteiger partial charge in [0.05, 0.1) is 5.41 Å². The zero-order chi connectivity index (χ0) is 14.0. The number of hydrazine groups is 1. The van der Waals surface area contributed by atoms with Crippen molar-refractivity contribution < 1.29 is 4.79 Å². The molecule has 0 fully saturated rings. The predicted octanol–water partition coefficient (Wildman–Crippen LogP) is 2.51. The van der Waals surface area contributed by atoms with Gasteiger partial charge in [0.25, 0.3) is 0 Å². The van der Waals surface area contributed by atoms with E-state index in [1.54, 1.807) is 7.05 Å². The van der Waals surface area contributed by atoms with E-state index in [0.29, 0.717) is 0 Å². The SMILES string of the molecule is CNNC(=O)C(C)(C)c1ccc(C(C)(C)C)cc1. The van der Waals surface area contributed by atoms with Crippen LogP contribution in [-0.4, -0.2) is 13.0 Å². The van der Waals surface area contributed by atoms with Crippen LogP contribution in [0.4, 0.5) is 0 Å². The van der Waals surface area contributed by atoms with Crippen molar-refractivity contribution in [3.05, 3.63) is 35.4 Å². The molecule has 1 rings (SSSR count). The van der Waals surface area contributed by atoms with Gasteiger partial charge in [-0.3, -0.25) is 10.2 Å². The van der Waals surface area contributed by atoms with Gasteiger partial charge in [-0.2, -0.15) is 0 Å². The summed E-state index contributed by atoms with van der Waals surface area (Å²) in [5, 5.41) is 0. The number of rotatable bonds is 3. The zero-order valence-corrected chi connectivity index (χ0v) is 12.2. The molecule has 0 unspecified atom stereocenters. The van der Waals surface area contributed by atoms with Gasteiger partial charge in [-0.05, 0) is 30.4 Å². The fourth-order valence-corrected chi connectivity index (χ4v) is 1.79. The Morgan fingerprint density at radius 2 is 1.39 bits per heavy atom. The second-order valence-corrected chi connectivity index (χ2v) is 6.16. The molecule has 0 saturated carbocycles. The molecule has 0 heterocycles.